The highest BCUT2D eigenvalue weighted by Gasteiger charge is 2.50. The van der Waals surface area contributed by atoms with Crippen molar-refractivity contribution in [3.8, 4) is 5.75 Å². The van der Waals surface area contributed by atoms with Crippen molar-refractivity contribution >= 4 is 121 Å². The van der Waals surface area contributed by atoms with Crippen LogP contribution < -0.4 is 47.8 Å². The molecular formula is C44H26BCl8F12IO. The first-order valence-corrected chi connectivity index (χ1v) is 24.4. The van der Waals surface area contributed by atoms with Gasteiger partial charge >= 0.3 is 21.2 Å². The third kappa shape index (κ3) is 10.9. The molecule has 6 aromatic rings. The molecule has 1 nitrogen and oxygen atoms in total. The van der Waals surface area contributed by atoms with Crippen LogP contribution in [-0.4, -0.2) is 12.8 Å². The van der Waals surface area contributed by atoms with Crippen LogP contribution in [0.5, 0.6) is 5.75 Å². The van der Waals surface area contributed by atoms with E-state index in [0.29, 0.717) is 0 Å². The zero-order valence-corrected chi connectivity index (χ0v) is 41.8. The van der Waals surface area contributed by atoms with E-state index < -0.39 is 138 Å². The predicted octanol–water partition coefficient (Wildman–Crippen LogP) is 12.5. The molecular weight excluding hydrogens is 1190 g/mol. The summed E-state index contributed by atoms with van der Waals surface area (Å²) in [4.78, 5) is 0. The van der Waals surface area contributed by atoms with Crippen LogP contribution in [0.25, 0.3) is 0 Å². The van der Waals surface area contributed by atoms with E-state index in [0.717, 1.165) is 12.4 Å². The molecule has 0 N–H and O–H groups in total. The van der Waals surface area contributed by atoms with Crippen LogP contribution in [0.4, 0.5) is 52.7 Å². The van der Waals surface area contributed by atoms with Crippen LogP contribution in [0, 0.1) is 76.9 Å². The average Bonchev–Trinajstić information content (AvgIpc) is 3.32. The minimum absolute atomic E-state index is 0.0655. The second-order valence-electron chi connectivity index (χ2n) is 14.3. The molecule has 0 aliphatic heterocycles. The number of rotatable bonds is 14. The molecule has 0 heterocycles. The third-order valence-corrected chi connectivity index (χ3v) is 16.3. The molecule has 0 spiro atoms. The Bertz CT molecular complexity index is 2430. The Hall–Kier alpha value is -2.61. The van der Waals surface area contributed by atoms with Crippen molar-refractivity contribution in [3.05, 3.63) is 172 Å². The van der Waals surface area contributed by atoms with Gasteiger partial charge in [-0.05, 0) is 42.8 Å². The van der Waals surface area contributed by atoms with E-state index in [-0.39, 0.29) is 21.2 Å². The highest BCUT2D eigenvalue weighted by atomic mass is 127. The lowest BCUT2D eigenvalue weighted by Gasteiger charge is -2.46. The van der Waals surface area contributed by atoms with Crippen LogP contribution in [-0.2, 0) is 0 Å². The zero-order valence-electron chi connectivity index (χ0n) is 33.6. The summed E-state index contributed by atoms with van der Waals surface area (Å²) < 4.78 is 191. The molecule has 358 valence electrons. The Morgan fingerprint density at radius 2 is 0.687 bits per heavy atom. The number of hydrogen-bond donors (Lipinski definition) is 0. The molecule has 0 saturated heterocycles. The van der Waals surface area contributed by atoms with Crippen LogP contribution in [0.1, 0.15) is 45.4 Å². The van der Waals surface area contributed by atoms with Crippen molar-refractivity contribution in [2.45, 2.75) is 45.4 Å². The van der Waals surface area contributed by atoms with Crippen LogP contribution in [0.2, 0.25) is 40.2 Å². The molecule has 0 aliphatic carbocycles. The third-order valence-electron chi connectivity index (χ3n) is 10.2. The number of benzene rings is 6. The Kier molecular flexibility index (Phi) is 19.4. The summed E-state index contributed by atoms with van der Waals surface area (Å²) in [6.45, 7) is 3.10. The summed E-state index contributed by atoms with van der Waals surface area (Å²) in [6.07, 6.45) is 2.23. The van der Waals surface area contributed by atoms with Gasteiger partial charge in [0, 0.05) is 20.1 Å². The van der Waals surface area contributed by atoms with Crippen molar-refractivity contribution in [2.75, 3.05) is 6.61 Å². The van der Waals surface area contributed by atoms with E-state index in [1.165, 1.54) is 45.7 Å². The van der Waals surface area contributed by atoms with Crippen LogP contribution in [0.3, 0.4) is 0 Å². The van der Waals surface area contributed by atoms with Gasteiger partial charge in [-0.25, -0.2) is 52.7 Å². The van der Waals surface area contributed by atoms with Crippen molar-refractivity contribution < 1.29 is 78.6 Å². The molecule has 0 aliphatic rings. The van der Waals surface area contributed by atoms with E-state index in [1.807, 2.05) is 0 Å². The van der Waals surface area contributed by atoms with Gasteiger partial charge in [-0.3, -0.25) is 0 Å². The predicted molar refractivity (Wildman–Crippen MR) is 239 cm³/mol. The quantitative estimate of drug-likeness (QED) is 0.0264. The Morgan fingerprint density at radius 1 is 0.373 bits per heavy atom. The maximum absolute atomic E-state index is 16.0. The van der Waals surface area contributed by atoms with Gasteiger partial charge < -0.3 is 4.74 Å². The Morgan fingerprint density at radius 3 is 1.03 bits per heavy atom. The molecule has 23 heteroatoms. The van der Waals surface area contributed by atoms with Crippen molar-refractivity contribution in [2.24, 2.45) is 0 Å². The SMILES string of the molecule is CCCCCCCCOc1ccc([I+]c2ccccc2)cc1.Fc1c(F)c(Cl)c(Cl)c([B-](c2c(F)c(F)c(F)c(Cl)c2Cl)(c2c(F)c(F)c(F)c(Cl)c2Cl)c2c(F)c(F)c(F)c(Cl)c2Cl)c1F. The minimum atomic E-state index is -5.62. The normalized spacial score (nSPS) is 11.5. The average molecular weight is 1220 g/mol. The molecule has 0 atom stereocenters. The minimum Gasteiger partial charge on any atom is -0.494 e. The van der Waals surface area contributed by atoms with Gasteiger partial charge in [-0.2, -0.15) is 0 Å². The van der Waals surface area contributed by atoms with Crippen molar-refractivity contribution in [1.82, 2.24) is 0 Å². The number of unbranched alkanes of at least 4 members (excludes halogenated alkanes) is 5. The van der Waals surface area contributed by atoms with Gasteiger partial charge in [0.25, 0.3) is 0 Å². The fraction of sp³-hybridized carbons (Fsp3) is 0.182. The summed E-state index contributed by atoms with van der Waals surface area (Å²) in [5.74, 6) is -30.3. The fourth-order valence-corrected chi connectivity index (χ4v) is 11.4. The molecule has 0 fully saturated rings. The second-order valence-corrected chi connectivity index (χ2v) is 20.3. The van der Waals surface area contributed by atoms with E-state index in [9.17, 15) is 17.6 Å². The van der Waals surface area contributed by atoms with E-state index in [1.54, 1.807) is 0 Å². The Balaban J connectivity index is 0.000000319. The van der Waals surface area contributed by atoms with Crippen molar-refractivity contribution in [3.63, 3.8) is 0 Å². The van der Waals surface area contributed by atoms with E-state index >= 15 is 35.1 Å². The van der Waals surface area contributed by atoms with Crippen LogP contribution >= 0.6 is 92.8 Å². The lowest BCUT2D eigenvalue weighted by Crippen LogP contribution is -3.61. The monoisotopic (exact) mass is 1220 g/mol. The van der Waals surface area contributed by atoms with Gasteiger partial charge in [-0.15, -0.1) is 21.9 Å². The molecule has 0 amide bonds. The summed E-state index contributed by atoms with van der Waals surface area (Å²) in [6, 6.07) is 19.4. The van der Waals surface area contributed by atoms with Gasteiger partial charge in [0.05, 0.1) is 26.7 Å². The smallest absolute Gasteiger partial charge is 0.357 e. The standard InChI is InChI=1S/C24BCl8F12.C20H26IO/c26-5-1(13(34)21(42)17(38)9(5)30)25(2-6(27)10(31)18(39)22(43)14(2)35,3-7(28)11(32)19(40)23(44)15(3)36)4-8(29)12(33)20(41)24(45)16(4)37;1-2-3-4-5-6-10-17-22-20-15-13-19(14-16-20)21-18-11-8-7-9-12-18/h;7-9,11-16H,2-6,10,17H2,1H3/q-1;+1. The first kappa shape index (κ1) is 55.3. The van der Waals surface area contributed by atoms with E-state index in [2.05, 4.69) is 61.5 Å². The molecule has 6 aromatic carbocycles. The lowest BCUT2D eigenvalue weighted by atomic mass is 9.12. The number of halogens is 21. The van der Waals surface area contributed by atoms with E-state index in [4.69, 9.17) is 97.5 Å². The fourth-order valence-electron chi connectivity index (χ4n) is 7.14. The highest BCUT2D eigenvalue weighted by molar-refractivity contribution is 7.22. The first-order chi connectivity index (χ1) is 31.6. The zero-order chi connectivity index (χ0) is 49.8. The molecule has 0 unspecified atom stereocenters. The summed E-state index contributed by atoms with van der Waals surface area (Å²) in [7, 11) is 0. The maximum Gasteiger partial charge on any atom is 0.357 e. The van der Waals surface area contributed by atoms with Gasteiger partial charge in [0.1, 0.15) is 35.2 Å². The molecule has 0 radical (unpaired) electrons. The summed E-state index contributed by atoms with van der Waals surface area (Å²) in [5, 5.41) is -13.9. The summed E-state index contributed by atoms with van der Waals surface area (Å²) >= 11 is 46.6. The van der Waals surface area contributed by atoms with Crippen LogP contribution in [0.15, 0.2) is 54.6 Å². The lowest BCUT2D eigenvalue weighted by molar-refractivity contribution is -0.597. The topological polar surface area (TPSA) is 9.23 Å². The number of ether oxygens (including phenoxy) is 1. The van der Waals surface area contributed by atoms with Gasteiger partial charge in [0.2, 0.25) is 0 Å². The van der Waals surface area contributed by atoms with Gasteiger partial charge in [-0.1, -0.05) is 150 Å². The molecule has 0 bridgehead atoms. The first-order valence-electron chi connectivity index (χ1n) is 19.2. The molecule has 6 rings (SSSR count). The second kappa shape index (κ2) is 23.5. The van der Waals surface area contributed by atoms with Crippen molar-refractivity contribution in [1.29, 1.82) is 0 Å². The van der Waals surface area contributed by atoms with Gasteiger partial charge in [0.15, 0.2) is 53.7 Å². The molecule has 67 heavy (non-hydrogen) atoms. The number of hydrogen-bond acceptors (Lipinski definition) is 1. The molecule has 0 saturated carbocycles. The largest absolute Gasteiger partial charge is 0.494 e. The maximum atomic E-state index is 16.0. The highest BCUT2D eigenvalue weighted by Crippen LogP contribution is 2.40. The Labute approximate surface area is 425 Å². The molecule has 0 aromatic heterocycles. The summed E-state index contributed by atoms with van der Waals surface area (Å²) in [5.41, 5.74) is -8.47.